The minimum Gasteiger partial charge on any atom is -0.376 e. The molecular weight excluding hydrogens is 380 g/mol. The van der Waals surface area contributed by atoms with Gasteiger partial charge < -0.3 is 9.72 Å². The molecule has 0 bridgehead atoms. The van der Waals surface area contributed by atoms with Crippen molar-refractivity contribution in [2.24, 2.45) is 0 Å². The number of tetrazole rings is 1. The quantitative estimate of drug-likeness (QED) is 0.698. The Morgan fingerprint density at radius 1 is 1.23 bits per heavy atom. The maximum absolute atomic E-state index is 13.2. The Morgan fingerprint density at radius 3 is 2.90 bits per heavy atom. The third-order valence-corrected chi connectivity index (χ3v) is 6.37. The predicted molar refractivity (Wildman–Crippen MR) is 113 cm³/mol. The summed E-state index contributed by atoms with van der Waals surface area (Å²) in [7, 11) is 0. The van der Waals surface area contributed by atoms with Crippen LogP contribution in [0.4, 0.5) is 0 Å². The molecule has 0 radical (unpaired) electrons. The lowest BCUT2D eigenvalue weighted by Crippen LogP contribution is -2.39. The predicted octanol–water partition coefficient (Wildman–Crippen LogP) is 2.58. The van der Waals surface area contributed by atoms with Gasteiger partial charge in [-0.05, 0) is 73.1 Å². The second kappa shape index (κ2) is 8.28. The number of nitrogens with one attached hydrogen (secondary N) is 1. The topological polar surface area (TPSA) is 88.9 Å². The minimum atomic E-state index is -0.268. The average molecular weight is 409 g/mol. The van der Waals surface area contributed by atoms with Crippen LogP contribution in [0.15, 0.2) is 29.1 Å². The number of benzene rings is 1. The zero-order valence-corrected chi connectivity index (χ0v) is 17.4. The number of pyridine rings is 1. The van der Waals surface area contributed by atoms with Crippen LogP contribution in [0.25, 0.3) is 10.9 Å². The molecule has 2 atom stereocenters. The molecule has 3 aromatic rings. The summed E-state index contributed by atoms with van der Waals surface area (Å²) < 4.78 is 7.65. The van der Waals surface area contributed by atoms with Crippen LogP contribution in [-0.4, -0.2) is 55.9 Å². The Morgan fingerprint density at radius 2 is 2.10 bits per heavy atom. The van der Waals surface area contributed by atoms with E-state index in [4.69, 9.17) is 4.74 Å². The van der Waals surface area contributed by atoms with E-state index in [-0.39, 0.29) is 17.7 Å². The number of fused-ring (bicyclic) bond motifs is 1. The summed E-state index contributed by atoms with van der Waals surface area (Å²) in [5.41, 5.74) is 2.59. The van der Waals surface area contributed by atoms with Crippen molar-refractivity contribution in [3.8, 4) is 0 Å². The Bertz CT molecular complexity index is 1080. The van der Waals surface area contributed by atoms with Crippen LogP contribution in [0.3, 0.4) is 0 Å². The number of aromatic amines is 1. The summed E-state index contributed by atoms with van der Waals surface area (Å²) in [6, 6.07) is 7.84. The van der Waals surface area contributed by atoms with Crippen molar-refractivity contribution in [1.29, 1.82) is 0 Å². The molecule has 8 nitrogen and oxygen atoms in total. The molecule has 0 aliphatic carbocycles. The highest BCUT2D eigenvalue weighted by Gasteiger charge is 2.32. The van der Waals surface area contributed by atoms with Gasteiger partial charge in [0.25, 0.3) is 5.56 Å². The molecular formula is C22H28N6O2. The van der Waals surface area contributed by atoms with E-state index in [2.05, 4.69) is 25.4 Å². The number of hydrogen-bond donors (Lipinski definition) is 1. The standard InChI is InChI=1S/C22H28N6O2/c1-15-7-5-8-16-13-18(22(29)23-19(15)16)20(27-10-3-2-4-11-27)21-24-25-26-28(21)14-17-9-6-12-30-17/h5,7-8,13,17,20H,2-4,6,9-12,14H2,1H3,(H,23,29)/t17-,20-/m0/s1. The first kappa shape index (κ1) is 19.4. The Kier molecular flexibility index (Phi) is 5.35. The third kappa shape index (κ3) is 3.65. The van der Waals surface area contributed by atoms with Crippen LogP contribution in [0.2, 0.25) is 0 Å². The van der Waals surface area contributed by atoms with Crippen molar-refractivity contribution >= 4 is 10.9 Å². The lowest BCUT2D eigenvalue weighted by molar-refractivity contribution is 0.0902. The molecule has 2 aromatic heterocycles. The third-order valence-electron chi connectivity index (χ3n) is 6.37. The summed E-state index contributed by atoms with van der Waals surface area (Å²) in [6.45, 7) is 5.30. The van der Waals surface area contributed by atoms with E-state index in [0.29, 0.717) is 12.1 Å². The molecule has 2 aliphatic rings. The van der Waals surface area contributed by atoms with Gasteiger partial charge in [0.1, 0.15) is 6.04 Å². The summed E-state index contributed by atoms with van der Waals surface area (Å²) in [4.78, 5) is 18.7. The van der Waals surface area contributed by atoms with Crippen LogP contribution < -0.4 is 5.56 Å². The van der Waals surface area contributed by atoms with Gasteiger partial charge >= 0.3 is 0 Å². The van der Waals surface area contributed by atoms with E-state index < -0.39 is 0 Å². The molecule has 0 unspecified atom stereocenters. The largest absolute Gasteiger partial charge is 0.376 e. The molecule has 2 aliphatic heterocycles. The van der Waals surface area contributed by atoms with Crippen LogP contribution in [0.5, 0.6) is 0 Å². The fourth-order valence-electron chi connectivity index (χ4n) is 4.80. The molecule has 2 saturated heterocycles. The molecule has 8 heteroatoms. The molecule has 5 rings (SSSR count). The minimum absolute atomic E-state index is 0.0703. The highest BCUT2D eigenvalue weighted by atomic mass is 16.5. The number of hydrogen-bond acceptors (Lipinski definition) is 6. The lowest BCUT2D eigenvalue weighted by Gasteiger charge is -2.33. The summed E-state index contributed by atoms with van der Waals surface area (Å²) >= 11 is 0. The van der Waals surface area contributed by atoms with Crippen LogP contribution >= 0.6 is 0 Å². The SMILES string of the molecule is Cc1cccc2cc([C@@H](c3nnnn3C[C@@H]3CCCO3)N3CCCCC3)c(=O)[nH]c12. The molecule has 30 heavy (non-hydrogen) atoms. The first-order chi connectivity index (χ1) is 14.7. The van der Waals surface area contributed by atoms with Gasteiger partial charge in [0.05, 0.1) is 18.2 Å². The number of nitrogens with zero attached hydrogens (tertiary/aromatic N) is 5. The maximum atomic E-state index is 13.2. The highest BCUT2D eigenvalue weighted by molar-refractivity contribution is 5.82. The van der Waals surface area contributed by atoms with Crippen LogP contribution in [0, 0.1) is 6.92 Å². The fraction of sp³-hybridized carbons (Fsp3) is 0.545. The van der Waals surface area contributed by atoms with Gasteiger partial charge in [-0.15, -0.1) is 5.10 Å². The van der Waals surface area contributed by atoms with Crippen molar-refractivity contribution in [1.82, 2.24) is 30.1 Å². The van der Waals surface area contributed by atoms with E-state index in [0.717, 1.165) is 67.7 Å². The van der Waals surface area contributed by atoms with Crippen molar-refractivity contribution in [3.05, 3.63) is 51.6 Å². The molecule has 0 saturated carbocycles. The molecule has 0 spiro atoms. The number of H-pyrrole nitrogens is 1. The average Bonchev–Trinajstić information content (AvgIpc) is 3.43. The number of likely N-dealkylation sites (tertiary alicyclic amines) is 1. The first-order valence-electron chi connectivity index (χ1n) is 10.9. The van der Waals surface area contributed by atoms with Gasteiger partial charge in [0.15, 0.2) is 5.82 Å². The van der Waals surface area contributed by atoms with Gasteiger partial charge in [-0.3, -0.25) is 9.69 Å². The van der Waals surface area contributed by atoms with Crippen LogP contribution in [-0.2, 0) is 11.3 Å². The second-order valence-corrected chi connectivity index (χ2v) is 8.45. The van der Waals surface area contributed by atoms with Crippen molar-refractivity contribution in [2.45, 2.75) is 57.7 Å². The fourth-order valence-corrected chi connectivity index (χ4v) is 4.80. The molecule has 1 aromatic carbocycles. The van der Waals surface area contributed by atoms with Crippen LogP contribution in [0.1, 0.15) is 55.1 Å². The summed E-state index contributed by atoms with van der Waals surface area (Å²) in [5, 5.41) is 13.7. The molecule has 0 amide bonds. The Balaban J connectivity index is 1.60. The lowest BCUT2D eigenvalue weighted by atomic mass is 9.99. The number of rotatable bonds is 5. The van der Waals surface area contributed by atoms with Gasteiger partial charge in [-0.2, -0.15) is 0 Å². The zero-order chi connectivity index (χ0) is 20.5. The smallest absolute Gasteiger partial charge is 0.253 e. The Labute approximate surface area is 175 Å². The van der Waals surface area contributed by atoms with E-state index >= 15 is 0 Å². The second-order valence-electron chi connectivity index (χ2n) is 8.45. The molecule has 1 N–H and O–H groups in total. The van der Waals surface area contributed by atoms with E-state index in [1.165, 1.54) is 6.42 Å². The number of aromatic nitrogens is 5. The van der Waals surface area contributed by atoms with Gasteiger partial charge in [-0.25, -0.2) is 4.68 Å². The Hall–Kier alpha value is -2.58. The van der Waals surface area contributed by atoms with Gasteiger partial charge in [0.2, 0.25) is 0 Å². The zero-order valence-electron chi connectivity index (χ0n) is 17.4. The number of aryl methyl sites for hydroxylation is 1. The highest BCUT2D eigenvalue weighted by Crippen LogP contribution is 2.30. The van der Waals surface area contributed by atoms with E-state index in [1.54, 1.807) is 0 Å². The molecule has 158 valence electrons. The number of para-hydroxylation sites is 1. The van der Waals surface area contributed by atoms with Gasteiger partial charge in [0, 0.05) is 12.2 Å². The van der Waals surface area contributed by atoms with E-state index in [9.17, 15) is 4.79 Å². The molecule has 2 fully saturated rings. The number of piperidine rings is 1. The molecule has 4 heterocycles. The summed E-state index contributed by atoms with van der Waals surface area (Å²) in [6.07, 6.45) is 5.68. The van der Waals surface area contributed by atoms with E-state index in [1.807, 2.05) is 35.9 Å². The summed E-state index contributed by atoms with van der Waals surface area (Å²) in [5.74, 6) is 0.727. The normalized spacial score (nSPS) is 21.3. The van der Waals surface area contributed by atoms with Crippen molar-refractivity contribution < 1.29 is 4.74 Å². The maximum Gasteiger partial charge on any atom is 0.253 e. The van der Waals surface area contributed by atoms with Crippen molar-refractivity contribution in [3.63, 3.8) is 0 Å². The number of ether oxygens (including phenoxy) is 1. The van der Waals surface area contributed by atoms with Gasteiger partial charge in [-0.1, -0.05) is 24.6 Å². The first-order valence-corrected chi connectivity index (χ1v) is 10.9. The monoisotopic (exact) mass is 408 g/mol. The van der Waals surface area contributed by atoms with Crippen molar-refractivity contribution in [2.75, 3.05) is 19.7 Å².